The summed E-state index contributed by atoms with van der Waals surface area (Å²) >= 11 is 0. The molecule has 1 aliphatic rings. The number of aryl methyl sites for hydroxylation is 1. The maximum atomic E-state index is 11.6. The van der Waals surface area contributed by atoms with Gasteiger partial charge in [0, 0.05) is 12.5 Å². The van der Waals surface area contributed by atoms with Gasteiger partial charge in [-0.3, -0.25) is 0 Å². The van der Waals surface area contributed by atoms with E-state index in [1.165, 1.54) is 0 Å². The molecule has 120 valence electrons. The Bertz CT molecular complexity index is 696. The third-order valence-electron chi connectivity index (χ3n) is 4.35. The lowest BCUT2D eigenvalue weighted by atomic mass is 9.89. The first-order chi connectivity index (χ1) is 11.1. The summed E-state index contributed by atoms with van der Waals surface area (Å²) in [5, 5.41) is 9.48. The zero-order valence-corrected chi connectivity index (χ0v) is 13.1. The highest BCUT2D eigenvalue weighted by Crippen LogP contribution is 2.37. The summed E-state index contributed by atoms with van der Waals surface area (Å²) in [5.74, 6) is 0.400. The van der Waals surface area contributed by atoms with E-state index in [9.17, 15) is 9.90 Å². The lowest BCUT2D eigenvalue weighted by molar-refractivity contribution is -0.157. The van der Waals surface area contributed by atoms with Crippen LogP contribution in [0.25, 0.3) is 0 Å². The summed E-state index contributed by atoms with van der Waals surface area (Å²) in [6, 6.07) is 15.6. The van der Waals surface area contributed by atoms with E-state index in [0.29, 0.717) is 37.4 Å². The van der Waals surface area contributed by atoms with E-state index in [1.54, 1.807) is 6.07 Å². The molecule has 1 aliphatic heterocycles. The highest BCUT2D eigenvalue weighted by molar-refractivity contribution is 5.78. The first-order valence-corrected chi connectivity index (χ1v) is 7.85. The van der Waals surface area contributed by atoms with Gasteiger partial charge in [-0.05, 0) is 30.0 Å². The zero-order chi connectivity index (χ0) is 16.3. The van der Waals surface area contributed by atoms with Crippen LogP contribution in [0.1, 0.15) is 30.9 Å². The monoisotopic (exact) mass is 312 g/mol. The first kappa shape index (κ1) is 15.4. The van der Waals surface area contributed by atoms with E-state index in [2.05, 4.69) is 0 Å². The van der Waals surface area contributed by atoms with E-state index in [4.69, 9.17) is 9.47 Å². The standard InChI is InChI=1S/C19H20O4/c1-2-19(18(20)21)11-10-15-8-9-16(12-17(15)23-19)22-13-14-6-4-3-5-7-14/h3-9,12H,2,10-11,13H2,1H3,(H,20,21). The minimum Gasteiger partial charge on any atom is -0.489 e. The Labute approximate surface area is 135 Å². The van der Waals surface area contributed by atoms with E-state index < -0.39 is 11.6 Å². The molecule has 0 saturated carbocycles. The number of hydrogen-bond acceptors (Lipinski definition) is 3. The molecule has 2 aromatic carbocycles. The second-order valence-electron chi connectivity index (χ2n) is 5.80. The van der Waals surface area contributed by atoms with Crippen molar-refractivity contribution in [2.24, 2.45) is 0 Å². The number of aliphatic carboxylic acids is 1. The van der Waals surface area contributed by atoms with Gasteiger partial charge in [-0.2, -0.15) is 0 Å². The second-order valence-corrected chi connectivity index (χ2v) is 5.80. The van der Waals surface area contributed by atoms with E-state index in [-0.39, 0.29) is 0 Å². The normalized spacial score (nSPS) is 19.5. The largest absolute Gasteiger partial charge is 0.489 e. The maximum Gasteiger partial charge on any atom is 0.348 e. The van der Waals surface area contributed by atoms with E-state index in [0.717, 1.165) is 11.1 Å². The van der Waals surface area contributed by atoms with Gasteiger partial charge in [0.2, 0.25) is 5.60 Å². The van der Waals surface area contributed by atoms with Gasteiger partial charge < -0.3 is 14.6 Å². The molecule has 3 rings (SSSR count). The van der Waals surface area contributed by atoms with Crippen LogP contribution in [0.4, 0.5) is 0 Å². The summed E-state index contributed by atoms with van der Waals surface area (Å²) in [6.45, 7) is 2.31. The predicted octanol–water partition coefficient (Wildman–Crippen LogP) is 3.82. The summed E-state index contributed by atoms with van der Waals surface area (Å²) in [6.07, 6.45) is 1.64. The molecule has 0 saturated heterocycles. The Balaban J connectivity index is 1.77. The van der Waals surface area contributed by atoms with Crippen LogP contribution < -0.4 is 9.47 Å². The van der Waals surface area contributed by atoms with Crippen LogP contribution in [0.3, 0.4) is 0 Å². The molecular weight excluding hydrogens is 292 g/mol. The summed E-state index contributed by atoms with van der Waals surface area (Å²) in [7, 11) is 0. The molecule has 1 unspecified atom stereocenters. The van der Waals surface area contributed by atoms with Gasteiger partial charge in [0.05, 0.1) is 0 Å². The molecule has 1 N–H and O–H groups in total. The van der Waals surface area contributed by atoms with Crippen LogP contribution in [-0.4, -0.2) is 16.7 Å². The molecule has 0 amide bonds. The summed E-state index contributed by atoms with van der Waals surface area (Å²) in [5.41, 5.74) is 0.993. The highest BCUT2D eigenvalue weighted by Gasteiger charge is 2.42. The fourth-order valence-electron chi connectivity index (χ4n) is 2.82. The average molecular weight is 312 g/mol. The lowest BCUT2D eigenvalue weighted by Crippen LogP contribution is -2.46. The molecule has 0 fully saturated rings. The minimum absolute atomic E-state index is 0.441. The number of rotatable bonds is 5. The van der Waals surface area contributed by atoms with Gasteiger partial charge in [0.15, 0.2) is 0 Å². The molecule has 0 bridgehead atoms. The quantitative estimate of drug-likeness (QED) is 0.912. The molecule has 0 radical (unpaired) electrons. The van der Waals surface area contributed by atoms with Crippen LogP contribution in [0.5, 0.6) is 11.5 Å². The Morgan fingerprint density at radius 3 is 2.74 bits per heavy atom. The summed E-state index contributed by atoms with van der Waals surface area (Å²) in [4.78, 5) is 11.6. The van der Waals surface area contributed by atoms with Crippen LogP contribution in [-0.2, 0) is 17.8 Å². The van der Waals surface area contributed by atoms with Crippen molar-refractivity contribution in [2.75, 3.05) is 0 Å². The van der Waals surface area contributed by atoms with Crippen molar-refractivity contribution in [1.29, 1.82) is 0 Å². The number of benzene rings is 2. The third-order valence-corrected chi connectivity index (χ3v) is 4.35. The minimum atomic E-state index is -1.12. The molecule has 0 spiro atoms. The Kier molecular flexibility index (Phi) is 4.24. The predicted molar refractivity (Wildman–Crippen MR) is 86.8 cm³/mol. The van der Waals surface area contributed by atoms with Gasteiger partial charge in [0.1, 0.15) is 18.1 Å². The number of fused-ring (bicyclic) bond motifs is 1. The number of carboxylic acids is 1. The number of ether oxygens (including phenoxy) is 2. The zero-order valence-electron chi connectivity index (χ0n) is 13.1. The fourth-order valence-corrected chi connectivity index (χ4v) is 2.82. The lowest BCUT2D eigenvalue weighted by Gasteiger charge is -2.34. The fraction of sp³-hybridized carbons (Fsp3) is 0.316. The van der Waals surface area contributed by atoms with Crippen molar-refractivity contribution >= 4 is 5.97 Å². The smallest absolute Gasteiger partial charge is 0.348 e. The van der Waals surface area contributed by atoms with Crippen molar-refractivity contribution < 1.29 is 19.4 Å². The molecule has 4 heteroatoms. The number of carboxylic acid groups (broad SMARTS) is 1. The van der Waals surface area contributed by atoms with Crippen molar-refractivity contribution in [3.05, 3.63) is 59.7 Å². The molecule has 1 heterocycles. The Morgan fingerprint density at radius 2 is 2.04 bits per heavy atom. The molecular formula is C19H20O4. The summed E-state index contributed by atoms with van der Waals surface area (Å²) < 4.78 is 11.6. The van der Waals surface area contributed by atoms with Gasteiger partial charge in [0.25, 0.3) is 0 Å². The van der Waals surface area contributed by atoms with Gasteiger partial charge >= 0.3 is 5.97 Å². The molecule has 1 atom stereocenters. The highest BCUT2D eigenvalue weighted by atomic mass is 16.5. The second kappa shape index (κ2) is 6.32. The molecule has 0 aliphatic carbocycles. The van der Waals surface area contributed by atoms with Crippen LogP contribution in [0.15, 0.2) is 48.5 Å². The molecule has 4 nitrogen and oxygen atoms in total. The van der Waals surface area contributed by atoms with Crippen molar-refractivity contribution in [2.45, 2.75) is 38.4 Å². The van der Waals surface area contributed by atoms with Gasteiger partial charge in [-0.25, -0.2) is 4.79 Å². The van der Waals surface area contributed by atoms with Crippen molar-refractivity contribution in [3.63, 3.8) is 0 Å². The molecule has 23 heavy (non-hydrogen) atoms. The van der Waals surface area contributed by atoms with Crippen LogP contribution in [0.2, 0.25) is 0 Å². The third kappa shape index (κ3) is 3.16. The van der Waals surface area contributed by atoms with Crippen LogP contribution >= 0.6 is 0 Å². The number of hydrogen-bond donors (Lipinski definition) is 1. The van der Waals surface area contributed by atoms with Gasteiger partial charge in [-0.15, -0.1) is 0 Å². The maximum absolute atomic E-state index is 11.6. The SMILES string of the molecule is CCC1(C(=O)O)CCc2ccc(OCc3ccccc3)cc2O1. The number of carbonyl (C=O) groups is 1. The Hall–Kier alpha value is -2.49. The van der Waals surface area contributed by atoms with E-state index in [1.807, 2.05) is 49.4 Å². The molecule has 0 aromatic heterocycles. The average Bonchev–Trinajstić information content (AvgIpc) is 2.60. The molecule has 2 aromatic rings. The van der Waals surface area contributed by atoms with Crippen molar-refractivity contribution in [1.82, 2.24) is 0 Å². The topological polar surface area (TPSA) is 55.8 Å². The first-order valence-electron chi connectivity index (χ1n) is 7.85. The van der Waals surface area contributed by atoms with Crippen LogP contribution in [0, 0.1) is 0 Å². The Morgan fingerprint density at radius 1 is 1.26 bits per heavy atom. The van der Waals surface area contributed by atoms with Gasteiger partial charge in [-0.1, -0.05) is 43.3 Å². The van der Waals surface area contributed by atoms with E-state index >= 15 is 0 Å². The van der Waals surface area contributed by atoms with Crippen molar-refractivity contribution in [3.8, 4) is 11.5 Å².